The molecule has 2 unspecified atom stereocenters. The number of aliphatic hydroxyl groups excluding tert-OH is 1. The van der Waals surface area contributed by atoms with Crippen LogP contribution in [0.3, 0.4) is 0 Å². The molecule has 2 aliphatic rings. The zero-order valence-electron chi connectivity index (χ0n) is 28.7. The largest absolute Gasteiger partial charge is 1.00 e. The Kier molecular flexibility index (Phi) is 18.7. The monoisotopic (exact) mass is 748 g/mol. The summed E-state index contributed by atoms with van der Waals surface area (Å²) in [6.07, 6.45) is 0.524. The number of hydrogen-bond acceptors (Lipinski definition) is 9. The summed E-state index contributed by atoms with van der Waals surface area (Å²) in [7, 11) is -5.09. The standard InChI is InChI=1S/C18H19NO4S.C17H17NO4S.CH4O.CH4.Li.H2O/c1-23-18(20)17-11-15-9-5-6-10-16(15)12-19(17)24(21,22)13-14-7-3-2-4-8-14;19-17(20)16-10-14-8-4-5-9-15(14)11-18(16)23(21,22)12-13-6-2-1-3-7-13;1-2;;;/h2-10,17H,11-13H2,1H3;1-9,16H,10-12H2,(H,19,20);2H,1H3;1H4;;1H2/q;;;;+1;/p-1. The molecule has 52 heavy (non-hydrogen) atoms. The van der Waals surface area contributed by atoms with Crippen molar-refractivity contribution in [3.05, 3.63) is 143 Å². The number of aliphatic carboxylic acids is 1. The summed E-state index contributed by atoms with van der Waals surface area (Å²) in [5, 5.41) is 16.5. The van der Waals surface area contributed by atoms with E-state index in [1.165, 1.54) is 11.4 Å². The summed E-state index contributed by atoms with van der Waals surface area (Å²) in [6, 6.07) is 30.9. The first-order chi connectivity index (χ1) is 23.5. The van der Waals surface area contributed by atoms with Gasteiger partial charge >= 0.3 is 30.8 Å². The Bertz CT molecular complexity index is 1950. The normalized spacial score (nSPS) is 16.5. The van der Waals surface area contributed by atoms with Crippen molar-refractivity contribution >= 4 is 32.0 Å². The van der Waals surface area contributed by atoms with Gasteiger partial charge in [0, 0.05) is 33.0 Å². The van der Waals surface area contributed by atoms with Crippen molar-refractivity contribution in [3.8, 4) is 0 Å². The van der Waals surface area contributed by atoms with E-state index in [4.69, 9.17) is 9.84 Å². The quantitative estimate of drug-likeness (QED) is 0.196. The number of aliphatic hydroxyl groups is 1. The number of carboxylic acid groups (broad SMARTS) is 1. The molecule has 4 aromatic carbocycles. The number of carbonyl (C=O) groups excluding carboxylic acids is 1. The molecule has 2 heterocycles. The Morgan fingerprint density at radius 3 is 1.33 bits per heavy atom. The van der Waals surface area contributed by atoms with Gasteiger partial charge in [0.05, 0.1) is 18.6 Å². The molecule has 3 N–H and O–H groups in total. The summed E-state index contributed by atoms with van der Waals surface area (Å²) >= 11 is 0. The fraction of sp³-hybridized carbons (Fsp3) is 0.297. The number of esters is 1. The molecule has 4 aromatic rings. The van der Waals surface area contributed by atoms with E-state index in [1.54, 1.807) is 48.5 Å². The van der Waals surface area contributed by atoms with Gasteiger partial charge in [-0.3, -0.25) is 9.59 Å². The smallest absolute Gasteiger partial charge is 0.870 e. The number of nitrogens with zero attached hydrogens (tertiary/aromatic N) is 2. The molecule has 0 saturated carbocycles. The van der Waals surface area contributed by atoms with Crippen LogP contribution in [0.15, 0.2) is 109 Å². The van der Waals surface area contributed by atoms with Crippen molar-refractivity contribution in [3.63, 3.8) is 0 Å². The summed E-state index contributed by atoms with van der Waals surface area (Å²) < 4.78 is 58.5. The van der Waals surface area contributed by atoms with Gasteiger partial charge in [-0.15, -0.1) is 0 Å². The Morgan fingerprint density at radius 2 is 0.962 bits per heavy atom. The molecular formula is C37H45LiN2O10S2. The van der Waals surface area contributed by atoms with Crippen LogP contribution >= 0.6 is 0 Å². The van der Waals surface area contributed by atoms with Gasteiger partial charge in [0.2, 0.25) is 20.0 Å². The molecule has 0 bridgehead atoms. The maximum atomic E-state index is 12.9. The first kappa shape index (κ1) is 46.2. The van der Waals surface area contributed by atoms with Crippen LogP contribution in [0.4, 0.5) is 0 Å². The van der Waals surface area contributed by atoms with Gasteiger partial charge in [0.25, 0.3) is 0 Å². The fourth-order valence-electron chi connectivity index (χ4n) is 5.87. The first-order valence-corrected chi connectivity index (χ1v) is 18.7. The van der Waals surface area contributed by atoms with Crippen LogP contribution in [0, 0.1) is 0 Å². The summed E-state index contributed by atoms with van der Waals surface area (Å²) in [4.78, 5) is 23.7. The summed E-state index contributed by atoms with van der Waals surface area (Å²) in [6.45, 7) is 0.285. The van der Waals surface area contributed by atoms with E-state index in [9.17, 15) is 31.5 Å². The van der Waals surface area contributed by atoms with Gasteiger partial charge in [-0.05, 0) is 33.4 Å². The number of methoxy groups -OCH3 is 1. The molecule has 0 saturated heterocycles. The third-order valence-corrected chi connectivity index (χ3v) is 11.9. The van der Waals surface area contributed by atoms with E-state index < -0.39 is 44.1 Å². The first-order valence-electron chi connectivity index (χ1n) is 15.4. The molecule has 6 rings (SSSR count). The Balaban J connectivity index is 0.000000471. The third-order valence-electron chi connectivity index (χ3n) is 8.27. The molecule has 276 valence electrons. The van der Waals surface area contributed by atoms with Gasteiger partial charge in [-0.2, -0.15) is 8.61 Å². The van der Waals surface area contributed by atoms with Crippen molar-refractivity contribution in [2.45, 2.75) is 56.9 Å². The van der Waals surface area contributed by atoms with Crippen LogP contribution < -0.4 is 18.9 Å². The minimum absolute atomic E-state index is 0. The Hall–Kier alpha value is -3.84. The van der Waals surface area contributed by atoms with Gasteiger partial charge in [0.1, 0.15) is 12.1 Å². The van der Waals surface area contributed by atoms with Crippen LogP contribution in [0.5, 0.6) is 0 Å². The predicted octanol–water partition coefficient (Wildman–Crippen LogP) is 1.22. The van der Waals surface area contributed by atoms with Gasteiger partial charge in [-0.25, -0.2) is 16.8 Å². The third kappa shape index (κ3) is 11.6. The number of rotatable bonds is 8. The second-order valence-electron chi connectivity index (χ2n) is 11.4. The van der Waals surface area contributed by atoms with Crippen molar-refractivity contribution < 1.29 is 65.7 Å². The second-order valence-corrected chi connectivity index (χ2v) is 15.3. The van der Waals surface area contributed by atoms with E-state index in [0.29, 0.717) is 17.5 Å². The molecule has 12 nitrogen and oxygen atoms in total. The van der Waals surface area contributed by atoms with Crippen LogP contribution in [-0.2, 0) is 71.8 Å². The maximum Gasteiger partial charge on any atom is 1.00 e. The number of sulfonamides is 2. The molecule has 15 heteroatoms. The van der Waals surface area contributed by atoms with Crippen LogP contribution in [0.1, 0.15) is 40.8 Å². The zero-order chi connectivity index (χ0) is 35.6. The number of carboxylic acids is 1. The molecule has 0 radical (unpaired) electrons. The molecule has 0 spiro atoms. The number of carbonyl (C=O) groups is 2. The van der Waals surface area contributed by atoms with Crippen molar-refractivity contribution in [2.24, 2.45) is 0 Å². The maximum absolute atomic E-state index is 12.9. The zero-order valence-corrected chi connectivity index (χ0v) is 30.3. The molecule has 0 fully saturated rings. The SMILES string of the molecule is C.CO.COC(=O)C1Cc2ccccc2CN1S(=O)(=O)Cc1ccccc1.O=C(O)C1Cc2ccccc2CN1S(=O)(=O)Cc1ccccc1.[Li+].[OH-]. The molecule has 0 amide bonds. The van der Waals surface area contributed by atoms with Crippen LogP contribution in [0.2, 0.25) is 0 Å². The minimum atomic E-state index is -3.72. The van der Waals surface area contributed by atoms with E-state index in [0.717, 1.165) is 33.7 Å². The van der Waals surface area contributed by atoms with Gasteiger partial charge in [0.15, 0.2) is 0 Å². The second kappa shape index (κ2) is 21.0. The van der Waals surface area contributed by atoms with Crippen LogP contribution in [0.25, 0.3) is 0 Å². The van der Waals surface area contributed by atoms with Gasteiger partial charge < -0.3 is 20.4 Å². The summed E-state index contributed by atoms with van der Waals surface area (Å²) in [5.74, 6) is -1.97. The molecule has 2 atom stereocenters. The van der Waals surface area contributed by atoms with Crippen molar-refractivity contribution in [2.75, 3.05) is 14.2 Å². The molecule has 0 aliphatic carbocycles. The summed E-state index contributed by atoms with van der Waals surface area (Å²) in [5.41, 5.74) is 5.01. The van der Waals surface area contributed by atoms with E-state index in [1.807, 2.05) is 60.7 Å². The van der Waals surface area contributed by atoms with Crippen molar-refractivity contribution in [1.82, 2.24) is 8.61 Å². The van der Waals surface area contributed by atoms with E-state index in [2.05, 4.69) is 0 Å². The number of fused-ring (bicyclic) bond motifs is 2. The number of benzene rings is 4. The van der Waals surface area contributed by atoms with Crippen molar-refractivity contribution in [1.29, 1.82) is 0 Å². The Labute approximate surface area is 318 Å². The minimum Gasteiger partial charge on any atom is -0.870 e. The number of ether oxygens (including phenoxy) is 1. The average Bonchev–Trinajstić information content (AvgIpc) is 3.11. The number of hydrogen-bond donors (Lipinski definition) is 2. The molecule has 0 aromatic heterocycles. The molecular weight excluding hydrogens is 703 g/mol. The van der Waals surface area contributed by atoms with E-state index >= 15 is 0 Å². The average molecular weight is 749 g/mol. The van der Waals surface area contributed by atoms with Gasteiger partial charge in [-0.1, -0.05) is 117 Å². The molecule has 2 aliphatic heterocycles. The Morgan fingerprint density at radius 1 is 0.635 bits per heavy atom. The predicted molar refractivity (Wildman–Crippen MR) is 194 cm³/mol. The van der Waals surface area contributed by atoms with E-state index in [-0.39, 0.29) is 62.8 Å². The van der Waals surface area contributed by atoms with Crippen LogP contribution in [-0.4, -0.2) is 79.4 Å². The fourth-order valence-corrected chi connectivity index (χ4v) is 9.20. The topological polar surface area (TPSA) is 189 Å².